The average Bonchev–Trinajstić information content (AvgIpc) is 2.43. The van der Waals surface area contributed by atoms with Crippen molar-refractivity contribution in [1.29, 1.82) is 0 Å². The van der Waals surface area contributed by atoms with Gasteiger partial charge in [-0.1, -0.05) is 0 Å². The van der Waals surface area contributed by atoms with Crippen LogP contribution in [0.25, 0.3) is 0 Å². The third-order valence-electron chi connectivity index (χ3n) is 4.95. The fourth-order valence-electron chi connectivity index (χ4n) is 3.19. The maximum absolute atomic E-state index is 11.2. The van der Waals surface area contributed by atoms with Gasteiger partial charge < -0.3 is 0 Å². The molecule has 0 radical (unpaired) electrons. The molecule has 29 heavy (non-hydrogen) atoms. The predicted octanol–water partition coefficient (Wildman–Crippen LogP) is 0.926. The normalized spacial score (nSPS) is 12.6. The Kier molecular flexibility index (Phi) is 7.60. The number of nitrogens with zero attached hydrogens (tertiary/aromatic N) is 6. The van der Waals surface area contributed by atoms with Crippen molar-refractivity contribution in [3.63, 3.8) is 0 Å². The van der Waals surface area contributed by atoms with Gasteiger partial charge in [-0.25, -0.2) is 0 Å². The molecule has 0 saturated carbocycles. The van der Waals surface area contributed by atoms with Gasteiger partial charge in [-0.3, -0.25) is 0 Å². The van der Waals surface area contributed by atoms with Gasteiger partial charge in [-0.05, 0) is 0 Å². The van der Waals surface area contributed by atoms with Gasteiger partial charge in [-0.2, -0.15) is 0 Å². The second kappa shape index (κ2) is 8.37. The van der Waals surface area contributed by atoms with Crippen LogP contribution in [-0.2, 0) is 24.6 Å². The zero-order valence-electron chi connectivity index (χ0n) is 15.7. The molecule has 0 heterocycles. The standard InChI is InChI=1S/2C5H8N3O6.Hg/c2*1-4(2,3)5(6(9)10,7(11)12)8(13)14;/h2*1H2,2-3H3;. The Morgan fingerprint density at radius 1 is 0.517 bits per heavy atom. The molecule has 0 atom stereocenters. The van der Waals surface area contributed by atoms with E-state index in [0.29, 0.717) is 0 Å². The summed E-state index contributed by atoms with van der Waals surface area (Å²) >= 11 is -2.87. The molecule has 0 aliphatic rings. The summed E-state index contributed by atoms with van der Waals surface area (Å²) in [6, 6.07) is 0. The Morgan fingerprint density at radius 3 is 0.828 bits per heavy atom. The molecule has 18 nitrogen and oxygen atoms in total. The summed E-state index contributed by atoms with van der Waals surface area (Å²) in [7, 11) is 0. The van der Waals surface area contributed by atoms with Crippen molar-refractivity contribution in [3.8, 4) is 0 Å². The molecule has 0 unspecified atom stereocenters. The fourth-order valence-corrected chi connectivity index (χ4v) is 13.4. The van der Waals surface area contributed by atoms with E-state index in [1.807, 2.05) is 0 Å². The molecular weight excluding hydrogens is 597 g/mol. The molecule has 0 aliphatic carbocycles. The van der Waals surface area contributed by atoms with Crippen LogP contribution < -0.4 is 0 Å². The summed E-state index contributed by atoms with van der Waals surface area (Å²) in [6.07, 6.45) is 0. The third-order valence-corrected chi connectivity index (χ3v) is 17.4. The van der Waals surface area contributed by atoms with Crippen LogP contribution in [0.4, 0.5) is 0 Å². The van der Waals surface area contributed by atoms with E-state index in [1.54, 1.807) is 0 Å². The monoisotopic (exact) mass is 614 g/mol. The van der Waals surface area contributed by atoms with E-state index in [4.69, 9.17) is 0 Å². The average molecular weight is 613 g/mol. The van der Waals surface area contributed by atoms with E-state index < -0.39 is 84.4 Å². The summed E-state index contributed by atoms with van der Waals surface area (Å²) in [4.78, 5) is 57.4. The van der Waals surface area contributed by atoms with Crippen LogP contribution in [0.3, 0.4) is 0 Å². The van der Waals surface area contributed by atoms with Crippen LogP contribution in [0.1, 0.15) is 27.7 Å². The van der Waals surface area contributed by atoms with Gasteiger partial charge >= 0.3 is 173 Å². The van der Waals surface area contributed by atoms with Gasteiger partial charge in [0.05, 0.1) is 0 Å². The van der Waals surface area contributed by atoms with Crippen LogP contribution >= 0.6 is 0 Å². The van der Waals surface area contributed by atoms with Gasteiger partial charge in [0.2, 0.25) is 0 Å². The molecule has 0 rings (SSSR count). The number of nitro groups is 6. The first kappa shape index (κ1) is 26.3. The van der Waals surface area contributed by atoms with Crippen molar-refractivity contribution in [1.82, 2.24) is 0 Å². The Hall–Kier alpha value is -2.66. The van der Waals surface area contributed by atoms with Gasteiger partial charge in [-0.15, -0.1) is 0 Å². The van der Waals surface area contributed by atoms with Crippen molar-refractivity contribution in [2.75, 3.05) is 0 Å². The zero-order valence-corrected chi connectivity index (χ0v) is 21.2. The van der Waals surface area contributed by atoms with Crippen molar-refractivity contribution < 1.29 is 54.1 Å². The first-order valence-corrected chi connectivity index (χ1v) is 15.5. The Labute approximate surface area is 172 Å². The summed E-state index contributed by atoms with van der Waals surface area (Å²) in [5.41, 5.74) is -4.33. The third kappa shape index (κ3) is 3.92. The number of hydrogen-bond acceptors (Lipinski definition) is 12. The van der Waals surface area contributed by atoms with Crippen LogP contribution in [0.5, 0.6) is 0 Å². The summed E-state index contributed by atoms with van der Waals surface area (Å²) in [6.45, 7) is 3.60. The van der Waals surface area contributed by atoms with Crippen molar-refractivity contribution >= 4 is 0 Å². The van der Waals surface area contributed by atoms with E-state index >= 15 is 0 Å². The topological polar surface area (TPSA) is 259 Å². The van der Waals surface area contributed by atoms with Crippen LogP contribution in [-0.4, -0.2) is 41.1 Å². The molecule has 0 aromatic carbocycles. The summed E-state index contributed by atoms with van der Waals surface area (Å²) in [5, 5.41) is 67.3. The van der Waals surface area contributed by atoms with Crippen LogP contribution in [0, 0.1) is 71.5 Å². The molecule has 0 aromatic heterocycles. The number of rotatable bonds is 12. The first-order valence-electron chi connectivity index (χ1n) is 7.74. The molecule has 0 aromatic rings. The van der Waals surface area contributed by atoms with Gasteiger partial charge in [0.1, 0.15) is 0 Å². The van der Waals surface area contributed by atoms with Gasteiger partial charge in [0, 0.05) is 0 Å². The first-order chi connectivity index (χ1) is 12.9. The molecule has 0 aliphatic heterocycles. The van der Waals surface area contributed by atoms with Gasteiger partial charge in [0.15, 0.2) is 0 Å². The Balaban J connectivity index is 6.00. The molecule has 160 valence electrons. The van der Waals surface area contributed by atoms with E-state index in [0.717, 1.165) is 27.7 Å². The molecule has 19 heteroatoms. The maximum atomic E-state index is 11.2. The summed E-state index contributed by atoms with van der Waals surface area (Å²) < 4.78 is -0.884. The number of hydrogen-bond donors (Lipinski definition) is 0. The quantitative estimate of drug-likeness (QED) is 0.129. The molecular formula is C10H16HgN6O12. The minimum absolute atomic E-state index is 0.442. The van der Waals surface area contributed by atoms with E-state index in [9.17, 15) is 60.7 Å². The van der Waals surface area contributed by atoms with Gasteiger partial charge in [0.25, 0.3) is 0 Å². The fraction of sp³-hybridized carbons (Fsp3) is 1.00. The summed E-state index contributed by atoms with van der Waals surface area (Å²) in [5.74, 6) is -7.60. The second-order valence-electron chi connectivity index (χ2n) is 7.43. The molecule has 0 fully saturated rings. The molecule has 0 N–H and O–H groups in total. The predicted molar refractivity (Wildman–Crippen MR) is 84.6 cm³/mol. The molecule has 0 saturated heterocycles. The van der Waals surface area contributed by atoms with E-state index in [2.05, 4.69) is 0 Å². The van der Waals surface area contributed by atoms with Crippen LogP contribution in [0.2, 0.25) is 7.86 Å². The second-order valence-corrected chi connectivity index (χ2v) is 14.1. The minimum atomic E-state index is -3.80. The SMILES string of the molecule is CC(C)([CH2][Hg][CH2]C(C)(C)C([N+](=O)[O-])([N+](=O)[O-])[N+](=O)[O-])C([N+](=O)[O-])([N+](=O)[O-])[N+](=O)[O-]. The van der Waals surface area contributed by atoms with E-state index in [1.165, 1.54) is 0 Å². The molecule has 0 amide bonds. The molecule has 0 bridgehead atoms. The van der Waals surface area contributed by atoms with Crippen molar-refractivity contribution in [2.45, 2.75) is 47.1 Å². The van der Waals surface area contributed by atoms with E-state index in [-0.39, 0.29) is 0 Å². The molecule has 0 spiro atoms. The van der Waals surface area contributed by atoms with Crippen LogP contribution in [0.15, 0.2) is 0 Å². The zero-order chi connectivity index (χ0) is 23.6. The Morgan fingerprint density at radius 2 is 0.690 bits per heavy atom. The van der Waals surface area contributed by atoms with Crippen molar-refractivity contribution in [2.24, 2.45) is 10.8 Å². The Bertz CT molecular complexity index is 632. The van der Waals surface area contributed by atoms with Crippen molar-refractivity contribution in [3.05, 3.63) is 60.7 Å².